The molecule has 6 heteroatoms. The van der Waals surface area contributed by atoms with Crippen LogP contribution in [0.5, 0.6) is 0 Å². The van der Waals surface area contributed by atoms with Gasteiger partial charge in [-0.05, 0) is 30.2 Å². The third-order valence-electron chi connectivity index (χ3n) is 3.69. The van der Waals surface area contributed by atoms with Gasteiger partial charge in [0.1, 0.15) is 12.3 Å². The number of aryl methyl sites for hydroxylation is 1. The molecule has 0 aliphatic rings. The van der Waals surface area contributed by atoms with Crippen molar-refractivity contribution in [2.75, 3.05) is 0 Å². The number of carbonyl (C=O) groups is 1. The Bertz CT molecular complexity index is 995. The third-order valence-corrected chi connectivity index (χ3v) is 3.91. The minimum Gasteiger partial charge on any atom is -0.459 e. The van der Waals surface area contributed by atoms with Gasteiger partial charge in [-0.3, -0.25) is 14.0 Å². The van der Waals surface area contributed by atoms with Crippen molar-refractivity contribution in [1.29, 1.82) is 0 Å². The number of nitrogens with zero attached hydrogens (tertiary/aromatic N) is 2. The van der Waals surface area contributed by atoms with Gasteiger partial charge >= 0.3 is 5.97 Å². The molecule has 2 aromatic heterocycles. The number of hydrogen-bond donors (Lipinski definition) is 0. The quantitative estimate of drug-likeness (QED) is 0.684. The van der Waals surface area contributed by atoms with Crippen molar-refractivity contribution >= 4 is 23.2 Å². The lowest BCUT2D eigenvalue weighted by Crippen LogP contribution is -2.21. The van der Waals surface area contributed by atoms with Crippen molar-refractivity contribution < 1.29 is 9.53 Å². The van der Waals surface area contributed by atoms with Crippen LogP contribution in [0.1, 0.15) is 18.2 Å². The Morgan fingerprint density at radius 1 is 1.25 bits per heavy atom. The normalized spacial score (nSPS) is 10.8. The minimum atomic E-state index is -0.427. The van der Waals surface area contributed by atoms with E-state index >= 15 is 0 Å². The van der Waals surface area contributed by atoms with Gasteiger partial charge in [-0.2, -0.15) is 0 Å². The summed E-state index contributed by atoms with van der Waals surface area (Å²) in [5, 5.41) is 0.440. The molecular weight excluding hydrogens is 328 g/mol. The van der Waals surface area contributed by atoms with Crippen molar-refractivity contribution in [3.8, 4) is 11.1 Å². The summed E-state index contributed by atoms with van der Waals surface area (Å²) in [6, 6.07) is 10.8. The lowest BCUT2D eigenvalue weighted by molar-refractivity contribution is -0.142. The summed E-state index contributed by atoms with van der Waals surface area (Å²) in [6.45, 7) is 3.17. The van der Waals surface area contributed by atoms with Gasteiger partial charge in [-0.1, -0.05) is 35.9 Å². The molecule has 1 aromatic carbocycles. The maximum absolute atomic E-state index is 13.0. The Morgan fingerprint density at radius 3 is 2.71 bits per heavy atom. The second-order valence-electron chi connectivity index (χ2n) is 5.41. The number of pyridine rings is 1. The number of benzene rings is 1. The fourth-order valence-electron chi connectivity index (χ4n) is 2.56. The van der Waals surface area contributed by atoms with Crippen molar-refractivity contribution in [3.05, 3.63) is 69.2 Å². The van der Waals surface area contributed by atoms with Gasteiger partial charge < -0.3 is 4.74 Å². The van der Waals surface area contributed by atoms with Crippen LogP contribution in [-0.4, -0.2) is 15.4 Å². The van der Waals surface area contributed by atoms with E-state index in [1.807, 2.05) is 31.2 Å². The number of aromatic nitrogens is 2. The maximum atomic E-state index is 13.0. The molecule has 0 amide bonds. The predicted molar refractivity (Wildman–Crippen MR) is 92.1 cm³/mol. The van der Waals surface area contributed by atoms with E-state index in [1.165, 1.54) is 17.5 Å². The predicted octanol–water partition coefficient (Wildman–Crippen LogP) is 3.39. The maximum Gasteiger partial charge on any atom is 0.303 e. The Kier molecular flexibility index (Phi) is 4.36. The molecule has 24 heavy (non-hydrogen) atoms. The van der Waals surface area contributed by atoms with Gasteiger partial charge in [-0.25, -0.2) is 4.98 Å². The highest BCUT2D eigenvalue weighted by Crippen LogP contribution is 2.24. The van der Waals surface area contributed by atoms with Crippen LogP contribution in [0.25, 0.3) is 16.8 Å². The Labute approximate surface area is 143 Å². The molecule has 0 N–H and O–H groups in total. The number of halogens is 1. The topological polar surface area (TPSA) is 60.7 Å². The van der Waals surface area contributed by atoms with E-state index in [0.717, 1.165) is 11.1 Å². The fourth-order valence-corrected chi connectivity index (χ4v) is 2.72. The molecule has 0 saturated heterocycles. The van der Waals surface area contributed by atoms with E-state index in [-0.39, 0.29) is 12.2 Å². The molecule has 0 bridgehead atoms. The average molecular weight is 343 g/mol. The zero-order chi connectivity index (χ0) is 17.3. The first-order valence-corrected chi connectivity index (χ1v) is 7.75. The molecule has 122 valence electrons. The van der Waals surface area contributed by atoms with E-state index in [4.69, 9.17) is 16.3 Å². The number of ether oxygens (including phenoxy) is 1. The highest BCUT2D eigenvalue weighted by Gasteiger charge is 2.17. The van der Waals surface area contributed by atoms with Crippen LogP contribution in [-0.2, 0) is 16.1 Å². The SMILES string of the molecule is CC(=O)OCc1nc2ccc(Cl)cn2c(=O)c1-c1ccccc1C. The van der Waals surface area contributed by atoms with Crippen LogP contribution in [0.3, 0.4) is 0 Å². The number of rotatable bonds is 3. The second-order valence-corrected chi connectivity index (χ2v) is 5.85. The summed E-state index contributed by atoms with van der Waals surface area (Å²) < 4.78 is 6.49. The molecule has 0 spiro atoms. The molecule has 0 radical (unpaired) electrons. The molecule has 0 unspecified atom stereocenters. The van der Waals surface area contributed by atoms with Crippen molar-refractivity contribution in [2.24, 2.45) is 0 Å². The average Bonchev–Trinajstić information content (AvgIpc) is 2.55. The monoisotopic (exact) mass is 342 g/mol. The molecule has 0 fully saturated rings. The Balaban J connectivity index is 2.32. The summed E-state index contributed by atoms with van der Waals surface area (Å²) in [7, 11) is 0. The highest BCUT2D eigenvalue weighted by atomic mass is 35.5. The van der Waals surface area contributed by atoms with Crippen LogP contribution in [0.2, 0.25) is 5.02 Å². The van der Waals surface area contributed by atoms with Gasteiger partial charge in [0, 0.05) is 13.1 Å². The fraction of sp³-hybridized carbons (Fsp3) is 0.167. The Hall–Kier alpha value is -2.66. The number of hydrogen-bond acceptors (Lipinski definition) is 4. The van der Waals surface area contributed by atoms with Crippen LogP contribution in [0.15, 0.2) is 47.4 Å². The second kappa shape index (κ2) is 6.45. The molecule has 3 aromatic rings. The summed E-state index contributed by atoms with van der Waals surface area (Å²) in [5.41, 5.74) is 2.72. The van der Waals surface area contributed by atoms with E-state index in [0.29, 0.717) is 21.9 Å². The van der Waals surface area contributed by atoms with Gasteiger partial charge in [0.05, 0.1) is 16.3 Å². The Morgan fingerprint density at radius 2 is 2.00 bits per heavy atom. The number of carbonyl (C=O) groups excluding carboxylic acids is 1. The summed E-state index contributed by atoms with van der Waals surface area (Å²) in [5.74, 6) is -0.427. The summed E-state index contributed by atoms with van der Waals surface area (Å²) in [6.07, 6.45) is 1.53. The number of fused-ring (bicyclic) bond motifs is 1. The van der Waals surface area contributed by atoms with Crippen LogP contribution in [0, 0.1) is 6.92 Å². The standard InChI is InChI=1S/C18H15ClN2O3/c1-11-5-3-4-6-14(11)17-15(10-24-12(2)22)20-16-8-7-13(19)9-21(16)18(17)23/h3-9H,10H2,1-2H3. The molecule has 0 atom stereocenters. The van der Waals surface area contributed by atoms with Gasteiger partial charge in [0.15, 0.2) is 0 Å². The lowest BCUT2D eigenvalue weighted by Gasteiger charge is -2.13. The van der Waals surface area contributed by atoms with Crippen LogP contribution >= 0.6 is 11.6 Å². The molecule has 3 rings (SSSR count). The molecular formula is C18H15ClN2O3. The van der Waals surface area contributed by atoms with Gasteiger partial charge in [0.25, 0.3) is 5.56 Å². The molecule has 5 nitrogen and oxygen atoms in total. The lowest BCUT2D eigenvalue weighted by atomic mass is 10.0. The van der Waals surface area contributed by atoms with Gasteiger partial charge in [-0.15, -0.1) is 0 Å². The minimum absolute atomic E-state index is 0.0621. The van der Waals surface area contributed by atoms with E-state index in [9.17, 15) is 9.59 Å². The number of esters is 1. The van der Waals surface area contributed by atoms with Crippen molar-refractivity contribution in [3.63, 3.8) is 0 Å². The first-order chi connectivity index (χ1) is 11.5. The van der Waals surface area contributed by atoms with E-state index < -0.39 is 5.97 Å². The van der Waals surface area contributed by atoms with E-state index in [2.05, 4.69) is 4.98 Å². The molecule has 0 saturated carbocycles. The smallest absolute Gasteiger partial charge is 0.303 e. The molecule has 0 aliphatic heterocycles. The van der Waals surface area contributed by atoms with Crippen LogP contribution in [0.4, 0.5) is 0 Å². The van der Waals surface area contributed by atoms with Crippen molar-refractivity contribution in [1.82, 2.24) is 9.38 Å². The molecule has 0 aliphatic carbocycles. The first kappa shape index (κ1) is 16.2. The largest absolute Gasteiger partial charge is 0.459 e. The summed E-state index contributed by atoms with van der Waals surface area (Å²) >= 11 is 6.01. The third kappa shape index (κ3) is 3.03. The zero-order valence-electron chi connectivity index (χ0n) is 13.2. The van der Waals surface area contributed by atoms with Gasteiger partial charge in [0.2, 0.25) is 0 Å². The van der Waals surface area contributed by atoms with Crippen LogP contribution < -0.4 is 5.56 Å². The summed E-state index contributed by atoms with van der Waals surface area (Å²) in [4.78, 5) is 28.7. The highest BCUT2D eigenvalue weighted by molar-refractivity contribution is 6.30. The first-order valence-electron chi connectivity index (χ1n) is 7.37. The molecule has 2 heterocycles. The van der Waals surface area contributed by atoms with E-state index in [1.54, 1.807) is 12.1 Å². The van der Waals surface area contributed by atoms with Crippen molar-refractivity contribution in [2.45, 2.75) is 20.5 Å². The zero-order valence-corrected chi connectivity index (χ0v) is 14.0.